The van der Waals surface area contributed by atoms with Crippen LogP contribution in [0.3, 0.4) is 0 Å². The van der Waals surface area contributed by atoms with Gasteiger partial charge in [-0.05, 0) is 56.0 Å². The van der Waals surface area contributed by atoms with E-state index in [1.54, 1.807) is 11.0 Å². The monoisotopic (exact) mass is 487 g/mol. The highest BCUT2D eigenvalue weighted by atomic mass is 35.5. The Balaban J connectivity index is 1.46. The molecule has 1 unspecified atom stereocenters. The summed E-state index contributed by atoms with van der Waals surface area (Å²) in [7, 11) is -3.78. The van der Waals surface area contributed by atoms with Crippen LogP contribution in [-0.2, 0) is 10.0 Å². The Morgan fingerprint density at radius 3 is 2.55 bits per heavy atom. The summed E-state index contributed by atoms with van der Waals surface area (Å²) < 4.78 is 30.1. The van der Waals surface area contributed by atoms with Gasteiger partial charge in [0.05, 0.1) is 11.1 Å². The molecule has 0 saturated carbocycles. The molecule has 5 rings (SSSR count). The summed E-state index contributed by atoms with van der Waals surface area (Å²) >= 11 is 6.33. The number of amides is 1. The number of likely N-dealkylation sites (tertiary alicyclic amines) is 1. The van der Waals surface area contributed by atoms with Gasteiger partial charge >= 0.3 is 0 Å². The van der Waals surface area contributed by atoms with Crippen molar-refractivity contribution in [1.82, 2.24) is 23.8 Å². The zero-order valence-electron chi connectivity index (χ0n) is 18.2. The Hall–Kier alpha value is -2.49. The number of halogens is 1. The summed E-state index contributed by atoms with van der Waals surface area (Å²) in [5.41, 5.74) is 1.04. The minimum absolute atomic E-state index is 0.000547. The van der Waals surface area contributed by atoms with Crippen molar-refractivity contribution < 1.29 is 13.2 Å². The van der Waals surface area contributed by atoms with E-state index in [2.05, 4.69) is 10.2 Å². The average Bonchev–Trinajstić information content (AvgIpc) is 3.37. The van der Waals surface area contributed by atoms with Gasteiger partial charge in [0.15, 0.2) is 11.5 Å². The fourth-order valence-corrected chi connectivity index (χ4v) is 6.80. The number of benzene rings is 1. The number of pyridine rings is 1. The van der Waals surface area contributed by atoms with E-state index in [1.807, 2.05) is 28.8 Å². The van der Waals surface area contributed by atoms with Gasteiger partial charge in [-0.25, -0.2) is 8.42 Å². The number of hydrogen-bond donors (Lipinski definition) is 0. The van der Waals surface area contributed by atoms with Crippen LogP contribution in [0, 0.1) is 0 Å². The van der Waals surface area contributed by atoms with Crippen LogP contribution in [0.5, 0.6) is 0 Å². The molecule has 3 aromatic rings. The van der Waals surface area contributed by atoms with Gasteiger partial charge in [0, 0.05) is 31.4 Å². The summed E-state index contributed by atoms with van der Waals surface area (Å²) in [6.07, 6.45) is 7.20. The van der Waals surface area contributed by atoms with E-state index < -0.39 is 10.0 Å². The second-order valence-electron chi connectivity index (χ2n) is 8.61. The molecule has 0 aliphatic carbocycles. The third kappa shape index (κ3) is 4.13. The molecule has 0 bridgehead atoms. The Labute approximate surface area is 198 Å². The lowest BCUT2D eigenvalue weighted by Crippen LogP contribution is -2.33. The molecule has 2 aromatic heterocycles. The molecule has 2 fully saturated rings. The fourth-order valence-electron chi connectivity index (χ4n) is 4.79. The van der Waals surface area contributed by atoms with Crippen molar-refractivity contribution in [3.8, 4) is 0 Å². The first-order chi connectivity index (χ1) is 16.0. The molecule has 1 aromatic carbocycles. The van der Waals surface area contributed by atoms with Crippen molar-refractivity contribution in [2.45, 2.75) is 49.5 Å². The second kappa shape index (κ2) is 9.04. The van der Waals surface area contributed by atoms with Gasteiger partial charge in [-0.1, -0.05) is 30.5 Å². The normalized spacial score (nSPS) is 20.3. The van der Waals surface area contributed by atoms with Crippen LogP contribution in [-0.4, -0.2) is 57.8 Å². The zero-order chi connectivity index (χ0) is 23.0. The summed E-state index contributed by atoms with van der Waals surface area (Å²) in [5.74, 6) is 0.483. The van der Waals surface area contributed by atoms with E-state index in [9.17, 15) is 13.2 Å². The highest BCUT2D eigenvalue weighted by Crippen LogP contribution is 2.34. The largest absolute Gasteiger partial charge is 0.328 e. The van der Waals surface area contributed by atoms with Crippen molar-refractivity contribution in [3.05, 3.63) is 59.0 Å². The number of hydrogen-bond acceptors (Lipinski definition) is 5. The lowest BCUT2D eigenvalue weighted by atomic mass is 10.1. The molecule has 4 heterocycles. The highest BCUT2D eigenvalue weighted by Gasteiger charge is 2.35. The minimum Gasteiger partial charge on any atom is -0.328 e. The lowest BCUT2D eigenvalue weighted by Gasteiger charge is -2.24. The van der Waals surface area contributed by atoms with Crippen LogP contribution < -0.4 is 0 Å². The second-order valence-corrected chi connectivity index (χ2v) is 10.9. The number of sulfonamides is 1. The maximum Gasteiger partial charge on any atom is 0.254 e. The maximum absolute atomic E-state index is 13.5. The Kier molecular flexibility index (Phi) is 6.11. The lowest BCUT2D eigenvalue weighted by molar-refractivity contribution is 0.0729. The van der Waals surface area contributed by atoms with Crippen LogP contribution in [0.2, 0.25) is 5.02 Å². The Bertz CT molecular complexity index is 1280. The van der Waals surface area contributed by atoms with Crippen LogP contribution in [0.4, 0.5) is 0 Å². The molecule has 0 spiro atoms. The number of carbonyl (C=O) groups is 1. The molecule has 0 radical (unpaired) electrons. The van der Waals surface area contributed by atoms with Crippen LogP contribution in [0.1, 0.15) is 60.7 Å². The van der Waals surface area contributed by atoms with Crippen molar-refractivity contribution in [2.75, 3.05) is 19.6 Å². The van der Waals surface area contributed by atoms with Crippen molar-refractivity contribution in [1.29, 1.82) is 0 Å². The van der Waals surface area contributed by atoms with E-state index >= 15 is 0 Å². The number of nitrogens with zero attached hydrogens (tertiary/aromatic N) is 5. The van der Waals surface area contributed by atoms with Gasteiger partial charge in [0.25, 0.3) is 5.91 Å². The van der Waals surface area contributed by atoms with Gasteiger partial charge in [-0.2, -0.15) is 4.31 Å². The van der Waals surface area contributed by atoms with Crippen molar-refractivity contribution >= 4 is 33.2 Å². The molecule has 2 saturated heterocycles. The fraction of sp³-hybridized carbons (Fsp3) is 0.435. The van der Waals surface area contributed by atoms with E-state index in [4.69, 9.17) is 11.6 Å². The van der Waals surface area contributed by atoms with Gasteiger partial charge in [0.1, 0.15) is 4.90 Å². The van der Waals surface area contributed by atoms with E-state index in [0.29, 0.717) is 31.0 Å². The maximum atomic E-state index is 13.5. The van der Waals surface area contributed by atoms with Gasteiger partial charge < -0.3 is 4.90 Å². The van der Waals surface area contributed by atoms with Crippen LogP contribution in [0.15, 0.2) is 47.5 Å². The first-order valence-electron chi connectivity index (χ1n) is 11.4. The third-order valence-corrected chi connectivity index (χ3v) is 8.89. The zero-order valence-corrected chi connectivity index (χ0v) is 19.8. The quantitative estimate of drug-likeness (QED) is 0.556. The van der Waals surface area contributed by atoms with Crippen molar-refractivity contribution in [3.63, 3.8) is 0 Å². The third-order valence-electron chi connectivity index (χ3n) is 6.51. The summed E-state index contributed by atoms with van der Waals surface area (Å²) in [4.78, 5) is 15.3. The highest BCUT2D eigenvalue weighted by molar-refractivity contribution is 7.89. The first kappa shape index (κ1) is 22.3. The van der Waals surface area contributed by atoms with Crippen LogP contribution in [0.25, 0.3) is 5.65 Å². The van der Waals surface area contributed by atoms with E-state index in [-0.39, 0.29) is 21.9 Å². The number of rotatable bonds is 4. The predicted octanol–water partition coefficient (Wildman–Crippen LogP) is 3.92. The molecule has 0 N–H and O–H groups in total. The molecule has 2 aliphatic heterocycles. The summed E-state index contributed by atoms with van der Waals surface area (Å²) in [5, 5.41) is 8.70. The number of carbonyl (C=O) groups excluding carboxylic acids is 1. The molecular formula is C23H26ClN5O3S. The SMILES string of the molecule is O=C(c1ccc(Cl)c(S(=O)(=O)N2CCCCCC2)c1)N1CCCC1c1nnc2ccccn12. The van der Waals surface area contributed by atoms with Gasteiger partial charge in [0.2, 0.25) is 10.0 Å². The van der Waals surface area contributed by atoms with Crippen LogP contribution >= 0.6 is 11.6 Å². The molecule has 2 aliphatic rings. The van der Waals surface area contributed by atoms with Gasteiger partial charge in [-0.3, -0.25) is 9.20 Å². The standard InChI is InChI=1S/C23H26ClN5O3S/c24-18-11-10-17(16-20(18)33(31,32)27-12-4-1-2-5-13-27)23(30)28-15-7-8-19(28)22-26-25-21-9-3-6-14-29(21)22/h3,6,9-11,14,16,19H,1-2,4-5,7-8,12-13,15H2. The average molecular weight is 488 g/mol. The van der Waals surface area contributed by atoms with Gasteiger partial charge in [-0.15, -0.1) is 10.2 Å². The first-order valence-corrected chi connectivity index (χ1v) is 13.2. The van der Waals surface area contributed by atoms with Crippen molar-refractivity contribution in [2.24, 2.45) is 0 Å². The molecule has 1 amide bonds. The molecule has 8 nitrogen and oxygen atoms in total. The molecule has 1 atom stereocenters. The molecule has 33 heavy (non-hydrogen) atoms. The molecule has 174 valence electrons. The van der Waals surface area contributed by atoms with E-state index in [0.717, 1.165) is 44.2 Å². The summed E-state index contributed by atoms with van der Waals surface area (Å²) in [6, 6.07) is 9.99. The topological polar surface area (TPSA) is 87.9 Å². The number of fused-ring (bicyclic) bond motifs is 1. The minimum atomic E-state index is -3.78. The number of aromatic nitrogens is 3. The smallest absolute Gasteiger partial charge is 0.254 e. The van der Waals surface area contributed by atoms with E-state index in [1.165, 1.54) is 16.4 Å². The molecule has 10 heteroatoms. The Morgan fingerprint density at radius 2 is 1.76 bits per heavy atom. The Morgan fingerprint density at radius 1 is 0.970 bits per heavy atom. The molecular weight excluding hydrogens is 462 g/mol. The summed E-state index contributed by atoms with van der Waals surface area (Å²) in [6.45, 7) is 1.53. The predicted molar refractivity (Wildman–Crippen MR) is 125 cm³/mol.